The zero-order valence-electron chi connectivity index (χ0n) is 16.3. The highest BCUT2D eigenvalue weighted by atomic mass is 35.5. The molecule has 0 fully saturated rings. The number of hydrogen-bond acceptors (Lipinski definition) is 4. The predicted molar refractivity (Wildman–Crippen MR) is 124 cm³/mol. The van der Waals surface area contributed by atoms with Crippen LogP contribution in [-0.2, 0) is 6.61 Å². The van der Waals surface area contributed by atoms with Gasteiger partial charge in [-0.1, -0.05) is 54.1 Å². The summed E-state index contributed by atoms with van der Waals surface area (Å²) in [6, 6.07) is 22.9. The molecular weight excluding hydrogens is 412 g/mol. The van der Waals surface area contributed by atoms with Crippen molar-refractivity contribution in [3.63, 3.8) is 0 Å². The third kappa shape index (κ3) is 3.93. The molecular formula is C24H17ClN4O2. The maximum Gasteiger partial charge on any atom is 0.288 e. The number of halogens is 1. The van der Waals surface area contributed by atoms with Crippen LogP contribution < -0.4 is 10.3 Å². The molecule has 0 saturated heterocycles. The van der Waals surface area contributed by atoms with E-state index in [1.165, 1.54) is 0 Å². The van der Waals surface area contributed by atoms with Crippen molar-refractivity contribution in [2.45, 2.75) is 6.61 Å². The van der Waals surface area contributed by atoms with Gasteiger partial charge >= 0.3 is 0 Å². The van der Waals surface area contributed by atoms with Crippen molar-refractivity contribution in [1.29, 1.82) is 0 Å². The van der Waals surface area contributed by atoms with E-state index in [2.05, 4.69) is 20.2 Å². The molecule has 2 N–H and O–H groups in total. The Kier molecular flexibility index (Phi) is 4.98. The molecule has 5 aromatic rings. The maximum absolute atomic E-state index is 12.4. The number of fused-ring (bicyclic) bond motifs is 3. The van der Waals surface area contributed by atoms with Crippen LogP contribution in [0.5, 0.6) is 5.75 Å². The molecule has 0 saturated carbocycles. The third-order valence-corrected chi connectivity index (χ3v) is 5.19. The molecule has 0 bridgehead atoms. The van der Waals surface area contributed by atoms with Crippen molar-refractivity contribution in [1.82, 2.24) is 15.2 Å². The second-order valence-corrected chi connectivity index (χ2v) is 7.48. The van der Waals surface area contributed by atoms with E-state index in [0.29, 0.717) is 34.1 Å². The number of ether oxygens (including phenoxy) is 1. The minimum Gasteiger partial charge on any atom is -0.489 e. The lowest BCUT2D eigenvalue weighted by Crippen LogP contribution is -2.07. The van der Waals surface area contributed by atoms with Crippen molar-refractivity contribution in [3.8, 4) is 5.75 Å². The number of nitrogens with one attached hydrogen (secondary N) is 2. The topological polar surface area (TPSA) is 83.1 Å². The quantitative estimate of drug-likeness (QED) is 0.368. The minimum absolute atomic E-state index is 0.302. The Labute approximate surface area is 182 Å². The van der Waals surface area contributed by atoms with Crippen LogP contribution in [0.4, 0.5) is 5.82 Å². The Morgan fingerprint density at radius 2 is 1.84 bits per heavy atom. The molecule has 0 aliphatic rings. The zero-order chi connectivity index (χ0) is 21.2. The summed E-state index contributed by atoms with van der Waals surface area (Å²) >= 11 is 5.94. The van der Waals surface area contributed by atoms with Crippen LogP contribution in [0.25, 0.3) is 21.8 Å². The first-order valence-corrected chi connectivity index (χ1v) is 10.1. The second kappa shape index (κ2) is 8.08. The van der Waals surface area contributed by atoms with E-state index in [1.54, 1.807) is 18.3 Å². The molecule has 0 spiro atoms. The number of aliphatic imine (C=N–C) groups is 1. The summed E-state index contributed by atoms with van der Waals surface area (Å²) in [6.07, 6.45) is 1.69. The van der Waals surface area contributed by atoms with Crippen molar-refractivity contribution < 1.29 is 4.74 Å². The Bertz CT molecular complexity index is 1450. The molecule has 0 radical (unpaired) electrons. The molecule has 2 heterocycles. The number of hydrogen-bond donors (Lipinski definition) is 2. The normalized spacial score (nSPS) is 11.5. The van der Waals surface area contributed by atoms with E-state index in [1.807, 2.05) is 60.7 Å². The van der Waals surface area contributed by atoms with Gasteiger partial charge in [0.1, 0.15) is 17.9 Å². The number of rotatable bonds is 5. The van der Waals surface area contributed by atoms with Gasteiger partial charge in [0, 0.05) is 22.1 Å². The van der Waals surface area contributed by atoms with E-state index in [0.717, 1.165) is 22.0 Å². The molecule has 0 aliphatic heterocycles. The van der Waals surface area contributed by atoms with Crippen LogP contribution >= 0.6 is 11.6 Å². The Balaban J connectivity index is 1.55. The largest absolute Gasteiger partial charge is 0.489 e. The first-order chi connectivity index (χ1) is 15.2. The summed E-state index contributed by atoms with van der Waals surface area (Å²) in [5, 5.41) is 8.79. The fourth-order valence-electron chi connectivity index (χ4n) is 3.40. The van der Waals surface area contributed by atoms with Gasteiger partial charge < -0.3 is 9.72 Å². The number of aromatic nitrogens is 3. The van der Waals surface area contributed by atoms with Crippen molar-refractivity contribution in [2.75, 3.05) is 0 Å². The Morgan fingerprint density at radius 3 is 2.65 bits per heavy atom. The van der Waals surface area contributed by atoms with Crippen LogP contribution in [0, 0.1) is 0 Å². The zero-order valence-corrected chi connectivity index (χ0v) is 17.1. The fourth-order valence-corrected chi connectivity index (χ4v) is 3.52. The van der Waals surface area contributed by atoms with E-state index < -0.39 is 0 Å². The highest BCUT2D eigenvalue weighted by Gasteiger charge is 2.14. The van der Waals surface area contributed by atoms with Gasteiger partial charge in [0.05, 0.1) is 5.39 Å². The lowest BCUT2D eigenvalue weighted by atomic mass is 10.2. The molecule has 5 rings (SSSR count). The van der Waals surface area contributed by atoms with E-state index >= 15 is 0 Å². The highest BCUT2D eigenvalue weighted by molar-refractivity contribution is 6.30. The first kappa shape index (κ1) is 19.1. The van der Waals surface area contributed by atoms with Crippen LogP contribution in [-0.4, -0.2) is 21.4 Å². The average molecular weight is 429 g/mol. The molecule has 6 nitrogen and oxygen atoms in total. The molecule has 3 aromatic carbocycles. The lowest BCUT2D eigenvalue weighted by Gasteiger charge is -2.06. The van der Waals surface area contributed by atoms with Crippen LogP contribution in [0.15, 0.2) is 82.6 Å². The van der Waals surface area contributed by atoms with Gasteiger partial charge in [-0.05, 0) is 41.5 Å². The van der Waals surface area contributed by atoms with Gasteiger partial charge in [0.2, 0.25) is 0 Å². The molecule has 152 valence electrons. The highest BCUT2D eigenvalue weighted by Crippen LogP contribution is 2.32. The predicted octanol–water partition coefficient (Wildman–Crippen LogP) is 5.39. The Hall–Kier alpha value is -3.90. The Morgan fingerprint density at radius 1 is 1.03 bits per heavy atom. The van der Waals surface area contributed by atoms with Gasteiger partial charge in [-0.3, -0.25) is 4.79 Å². The van der Waals surface area contributed by atoms with E-state index in [9.17, 15) is 4.79 Å². The summed E-state index contributed by atoms with van der Waals surface area (Å²) in [7, 11) is 0. The number of nitrogens with zero attached hydrogens (tertiary/aromatic N) is 2. The minimum atomic E-state index is -0.302. The first-order valence-electron chi connectivity index (χ1n) is 9.68. The van der Waals surface area contributed by atoms with E-state index in [4.69, 9.17) is 16.3 Å². The summed E-state index contributed by atoms with van der Waals surface area (Å²) in [6.45, 7) is 0.453. The summed E-state index contributed by atoms with van der Waals surface area (Å²) in [5.74, 6) is 1.11. The van der Waals surface area contributed by atoms with Gasteiger partial charge in [-0.2, -0.15) is 5.10 Å². The molecule has 0 atom stereocenters. The molecule has 2 aromatic heterocycles. The van der Waals surface area contributed by atoms with Crippen LogP contribution in [0.2, 0.25) is 5.02 Å². The van der Waals surface area contributed by atoms with Crippen molar-refractivity contribution in [3.05, 3.63) is 99.3 Å². The number of benzene rings is 3. The monoisotopic (exact) mass is 428 g/mol. The average Bonchev–Trinajstić information content (AvgIpc) is 3.19. The van der Waals surface area contributed by atoms with Crippen LogP contribution in [0.1, 0.15) is 11.1 Å². The van der Waals surface area contributed by atoms with Gasteiger partial charge in [0.15, 0.2) is 5.82 Å². The molecule has 0 amide bonds. The summed E-state index contributed by atoms with van der Waals surface area (Å²) in [4.78, 5) is 20.0. The van der Waals surface area contributed by atoms with E-state index in [-0.39, 0.29) is 5.56 Å². The summed E-state index contributed by atoms with van der Waals surface area (Å²) < 4.78 is 5.96. The van der Waals surface area contributed by atoms with Gasteiger partial charge in [0.25, 0.3) is 5.56 Å². The van der Waals surface area contributed by atoms with Gasteiger partial charge in [-0.15, -0.1) is 0 Å². The fraction of sp³-hybridized carbons (Fsp3) is 0.0417. The molecule has 0 unspecified atom stereocenters. The van der Waals surface area contributed by atoms with Crippen molar-refractivity contribution in [2.24, 2.45) is 4.99 Å². The molecule has 0 aliphatic carbocycles. The number of H-pyrrole nitrogens is 2. The smallest absolute Gasteiger partial charge is 0.288 e. The standard InChI is InChI=1S/C24H17ClN4O2/c25-17-8-6-15(7-9-17)13-26-23-21-19-12-18(31-14-16-4-2-1-3-5-16)10-11-20(19)27-22(21)24(30)29-28-23/h1-13,27H,14H2,(H,29,30). The molecule has 31 heavy (non-hydrogen) atoms. The maximum atomic E-state index is 12.4. The second-order valence-electron chi connectivity index (χ2n) is 7.04. The van der Waals surface area contributed by atoms with Crippen molar-refractivity contribution >= 4 is 45.4 Å². The van der Waals surface area contributed by atoms with Gasteiger partial charge in [-0.25, -0.2) is 10.1 Å². The van der Waals surface area contributed by atoms with Crippen LogP contribution in [0.3, 0.4) is 0 Å². The third-order valence-electron chi connectivity index (χ3n) is 4.94. The SMILES string of the molecule is O=c1[nH]nc(N=Cc2ccc(Cl)cc2)c2c1[nH]c1ccc(OCc3ccccc3)cc12. The lowest BCUT2D eigenvalue weighted by molar-refractivity contribution is 0.306. The number of aromatic amines is 2. The molecule has 7 heteroatoms. The summed E-state index contributed by atoms with van der Waals surface area (Å²) in [5.41, 5.74) is 2.88.